The van der Waals surface area contributed by atoms with E-state index in [4.69, 9.17) is 4.74 Å². The molecule has 1 amide bonds. The van der Waals surface area contributed by atoms with Crippen molar-refractivity contribution in [2.45, 2.75) is 33.6 Å². The number of aromatic nitrogens is 2. The molecule has 3 N–H and O–H groups in total. The molecule has 4 aromatic rings. The third-order valence-corrected chi connectivity index (χ3v) is 5.46. The van der Waals surface area contributed by atoms with E-state index in [0.29, 0.717) is 29.6 Å². The number of ether oxygens (including phenoxy) is 1. The number of anilines is 5. The zero-order valence-electron chi connectivity index (χ0n) is 20.8. The van der Waals surface area contributed by atoms with Gasteiger partial charge in [-0.1, -0.05) is 31.0 Å². The van der Waals surface area contributed by atoms with Crippen LogP contribution in [0.4, 0.5) is 28.8 Å². The van der Waals surface area contributed by atoms with E-state index in [9.17, 15) is 4.79 Å². The van der Waals surface area contributed by atoms with Crippen LogP contribution in [0.5, 0.6) is 5.75 Å². The van der Waals surface area contributed by atoms with Crippen LogP contribution in [0.15, 0.2) is 78.9 Å². The number of unbranched alkanes of at least 4 members (excludes halogenated alkanes) is 1. The number of carbonyl (C=O) groups is 1. The van der Waals surface area contributed by atoms with Gasteiger partial charge in [0.15, 0.2) is 0 Å². The van der Waals surface area contributed by atoms with E-state index >= 15 is 0 Å². The van der Waals surface area contributed by atoms with Crippen molar-refractivity contribution in [2.24, 2.45) is 0 Å². The van der Waals surface area contributed by atoms with Gasteiger partial charge >= 0.3 is 0 Å². The second-order valence-electron chi connectivity index (χ2n) is 8.59. The molecule has 7 heteroatoms. The molecule has 0 saturated heterocycles. The van der Waals surface area contributed by atoms with Crippen LogP contribution in [0.2, 0.25) is 0 Å². The molecule has 0 saturated carbocycles. The molecule has 3 aromatic carbocycles. The number of amides is 1. The Bertz CT molecular complexity index is 1290. The van der Waals surface area contributed by atoms with Gasteiger partial charge in [-0.2, -0.15) is 4.98 Å². The number of hydrogen-bond donors (Lipinski definition) is 3. The smallest absolute Gasteiger partial charge is 0.255 e. The number of nitrogens with zero attached hydrogens (tertiary/aromatic N) is 2. The van der Waals surface area contributed by atoms with Gasteiger partial charge in [-0.15, -0.1) is 0 Å². The van der Waals surface area contributed by atoms with Crippen LogP contribution in [-0.2, 0) is 0 Å². The fourth-order valence-electron chi connectivity index (χ4n) is 3.48. The van der Waals surface area contributed by atoms with Crippen molar-refractivity contribution >= 4 is 34.7 Å². The molecule has 0 aliphatic carbocycles. The number of rotatable bonds is 10. The van der Waals surface area contributed by atoms with E-state index in [0.717, 1.165) is 35.7 Å². The average Bonchev–Trinajstić information content (AvgIpc) is 2.87. The van der Waals surface area contributed by atoms with Gasteiger partial charge in [0.2, 0.25) is 5.95 Å². The van der Waals surface area contributed by atoms with Gasteiger partial charge < -0.3 is 20.7 Å². The Hall–Kier alpha value is -4.39. The first-order valence-electron chi connectivity index (χ1n) is 12.1. The van der Waals surface area contributed by atoms with Crippen molar-refractivity contribution in [2.75, 3.05) is 22.6 Å². The minimum absolute atomic E-state index is 0.172. The summed E-state index contributed by atoms with van der Waals surface area (Å²) in [6.07, 6.45) is 2.09. The molecule has 0 bridgehead atoms. The highest BCUT2D eigenvalue weighted by atomic mass is 16.5. The molecule has 0 radical (unpaired) electrons. The molecule has 0 atom stereocenters. The summed E-state index contributed by atoms with van der Waals surface area (Å²) in [5, 5.41) is 9.47. The third-order valence-electron chi connectivity index (χ3n) is 5.46. The molecule has 184 valence electrons. The van der Waals surface area contributed by atoms with Crippen LogP contribution in [0.3, 0.4) is 0 Å². The van der Waals surface area contributed by atoms with Crippen LogP contribution in [-0.4, -0.2) is 22.5 Å². The lowest BCUT2D eigenvalue weighted by Gasteiger charge is -2.11. The Labute approximate surface area is 212 Å². The van der Waals surface area contributed by atoms with E-state index in [-0.39, 0.29) is 5.91 Å². The molecule has 4 rings (SSSR count). The van der Waals surface area contributed by atoms with Gasteiger partial charge in [-0.05, 0) is 80.9 Å². The van der Waals surface area contributed by atoms with Crippen molar-refractivity contribution in [3.63, 3.8) is 0 Å². The monoisotopic (exact) mass is 481 g/mol. The van der Waals surface area contributed by atoms with Gasteiger partial charge in [0.05, 0.1) is 6.61 Å². The molecule has 7 nitrogen and oxygen atoms in total. The summed E-state index contributed by atoms with van der Waals surface area (Å²) in [6, 6.07) is 24.6. The molecule has 36 heavy (non-hydrogen) atoms. The number of benzene rings is 3. The highest BCUT2D eigenvalue weighted by Crippen LogP contribution is 2.22. The average molecular weight is 482 g/mol. The topological polar surface area (TPSA) is 88.2 Å². The van der Waals surface area contributed by atoms with E-state index in [1.165, 1.54) is 5.56 Å². The Morgan fingerprint density at radius 1 is 0.806 bits per heavy atom. The van der Waals surface area contributed by atoms with Gasteiger partial charge in [-0.3, -0.25) is 4.79 Å². The van der Waals surface area contributed by atoms with Gasteiger partial charge in [0.1, 0.15) is 11.6 Å². The van der Waals surface area contributed by atoms with Crippen molar-refractivity contribution in [3.8, 4) is 5.75 Å². The number of aryl methyl sites for hydroxylation is 2. The van der Waals surface area contributed by atoms with Crippen molar-refractivity contribution in [3.05, 3.63) is 95.7 Å². The number of carbonyl (C=O) groups excluding carboxylic acids is 1. The van der Waals surface area contributed by atoms with Crippen molar-refractivity contribution in [1.82, 2.24) is 9.97 Å². The summed E-state index contributed by atoms with van der Waals surface area (Å²) in [6.45, 7) is 6.78. The largest absolute Gasteiger partial charge is 0.494 e. The van der Waals surface area contributed by atoms with Crippen LogP contribution in [0.25, 0.3) is 0 Å². The van der Waals surface area contributed by atoms with Gasteiger partial charge in [0, 0.05) is 34.4 Å². The fraction of sp³-hybridized carbons (Fsp3) is 0.207. The lowest BCUT2D eigenvalue weighted by molar-refractivity contribution is 0.102. The molecular weight excluding hydrogens is 450 g/mol. The maximum atomic E-state index is 12.6. The van der Waals surface area contributed by atoms with E-state index in [2.05, 4.69) is 32.8 Å². The highest BCUT2D eigenvalue weighted by Gasteiger charge is 2.08. The lowest BCUT2D eigenvalue weighted by Crippen LogP contribution is -2.11. The predicted octanol–water partition coefficient (Wildman–Crippen LogP) is 7.01. The number of hydrogen-bond acceptors (Lipinski definition) is 6. The summed E-state index contributed by atoms with van der Waals surface area (Å²) >= 11 is 0. The van der Waals surface area contributed by atoms with E-state index in [1.807, 2.05) is 80.6 Å². The molecule has 0 aliphatic rings. The second-order valence-corrected chi connectivity index (χ2v) is 8.59. The second kappa shape index (κ2) is 11.8. The van der Waals surface area contributed by atoms with E-state index in [1.54, 1.807) is 12.1 Å². The minimum Gasteiger partial charge on any atom is -0.494 e. The maximum Gasteiger partial charge on any atom is 0.255 e. The first kappa shape index (κ1) is 24.7. The Kier molecular flexibility index (Phi) is 8.13. The Morgan fingerprint density at radius 2 is 1.44 bits per heavy atom. The quantitative estimate of drug-likeness (QED) is 0.211. The standard InChI is InChI=1S/C29H31N5O2/c1-4-5-18-36-26-16-8-22(9-17-26)28(35)32-24-14-12-23(13-15-24)31-27-19-21(3)30-29(34-27)33-25-10-6-20(2)7-11-25/h6-17,19H,4-5,18H2,1-3H3,(H,32,35)(H2,30,31,33,34). The third kappa shape index (κ3) is 7.06. The SMILES string of the molecule is CCCCOc1ccc(C(=O)Nc2ccc(Nc3cc(C)nc(Nc4ccc(C)cc4)n3)cc2)cc1. The Balaban J connectivity index is 1.35. The summed E-state index contributed by atoms with van der Waals surface area (Å²) in [4.78, 5) is 21.7. The van der Waals surface area contributed by atoms with E-state index < -0.39 is 0 Å². The van der Waals surface area contributed by atoms with Crippen molar-refractivity contribution in [1.29, 1.82) is 0 Å². The summed E-state index contributed by atoms with van der Waals surface area (Å²) in [7, 11) is 0. The highest BCUT2D eigenvalue weighted by molar-refractivity contribution is 6.04. The zero-order valence-corrected chi connectivity index (χ0v) is 20.8. The normalized spacial score (nSPS) is 10.5. The summed E-state index contributed by atoms with van der Waals surface area (Å²) in [5.74, 6) is 1.80. The van der Waals surface area contributed by atoms with Crippen LogP contribution in [0.1, 0.15) is 41.4 Å². The first-order valence-corrected chi connectivity index (χ1v) is 12.1. The lowest BCUT2D eigenvalue weighted by atomic mass is 10.2. The molecule has 0 spiro atoms. The predicted molar refractivity (Wildman–Crippen MR) is 146 cm³/mol. The van der Waals surface area contributed by atoms with Gasteiger partial charge in [0.25, 0.3) is 5.91 Å². The molecule has 0 fully saturated rings. The Morgan fingerprint density at radius 3 is 2.14 bits per heavy atom. The molecule has 0 unspecified atom stereocenters. The van der Waals surface area contributed by atoms with Crippen LogP contribution in [0, 0.1) is 13.8 Å². The van der Waals surface area contributed by atoms with Crippen LogP contribution >= 0.6 is 0 Å². The number of nitrogens with one attached hydrogen (secondary N) is 3. The van der Waals surface area contributed by atoms with Crippen molar-refractivity contribution < 1.29 is 9.53 Å². The summed E-state index contributed by atoms with van der Waals surface area (Å²) < 4.78 is 5.66. The minimum atomic E-state index is -0.172. The molecule has 1 aromatic heterocycles. The summed E-state index contributed by atoms with van der Waals surface area (Å²) in [5.41, 5.74) is 5.09. The fourth-order valence-corrected chi connectivity index (χ4v) is 3.48. The maximum absolute atomic E-state index is 12.6. The molecule has 1 heterocycles. The molecular formula is C29H31N5O2. The van der Waals surface area contributed by atoms with Crippen LogP contribution < -0.4 is 20.7 Å². The zero-order chi connectivity index (χ0) is 25.3. The van der Waals surface area contributed by atoms with Gasteiger partial charge in [-0.25, -0.2) is 4.98 Å². The first-order chi connectivity index (χ1) is 17.5. The molecule has 0 aliphatic heterocycles.